The summed E-state index contributed by atoms with van der Waals surface area (Å²) < 4.78 is 0. The molecule has 1 saturated heterocycles. The molecular formula is C11H15ClN2. The Morgan fingerprint density at radius 2 is 2.36 bits per heavy atom. The van der Waals surface area contributed by atoms with E-state index in [4.69, 9.17) is 11.6 Å². The van der Waals surface area contributed by atoms with Crippen LogP contribution in [0.1, 0.15) is 36.4 Å². The van der Waals surface area contributed by atoms with Crippen LogP contribution in [0.15, 0.2) is 12.3 Å². The number of nitrogens with zero attached hydrogens (tertiary/aromatic N) is 1. The fourth-order valence-corrected chi connectivity index (χ4v) is 2.23. The number of aromatic nitrogens is 1. The number of rotatable bonds is 1. The van der Waals surface area contributed by atoms with Crippen LogP contribution >= 0.6 is 11.6 Å². The molecule has 1 atom stereocenters. The van der Waals surface area contributed by atoms with Gasteiger partial charge < -0.3 is 5.32 Å². The fraction of sp³-hybridized carbons (Fsp3) is 0.545. The largest absolute Gasteiger partial charge is 0.310 e. The maximum absolute atomic E-state index is 5.82. The average Bonchev–Trinajstić information content (AvgIpc) is 2.19. The molecule has 1 N–H and O–H groups in total. The maximum atomic E-state index is 5.82. The molecule has 0 aliphatic carbocycles. The van der Waals surface area contributed by atoms with Crippen LogP contribution in [0.25, 0.3) is 0 Å². The smallest absolute Gasteiger partial charge is 0.129 e. The second-order valence-corrected chi connectivity index (χ2v) is 4.25. The van der Waals surface area contributed by atoms with Gasteiger partial charge in [0.05, 0.1) is 0 Å². The van der Waals surface area contributed by atoms with Crippen molar-refractivity contribution in [2.24, 2.45) is 0 Å². The number of hydrogen-bond donors (Lipinski definition) is 1. The number of nitrogens with one attached hydrogen (secondary N) is 1. The van der Waals surface area contributed by atoms with Crippen LogP contribution in [0, 0.1) is 6.92 Å². The van der Waals surface area contributed by atoms with Gasteiger partial charge in [0.15, 0.2) is 0 Å². The Bertz CT molecular complexity index is 319. The van der Waals surface area contributed by atoms with Crippen LogP contribution in [-0.4, -0.2) is 11.5 Å². The lowest BCUT2D eigenvalue weighted by molar-refractivity contribution is 0.410. The zero-order chi connectivity index (χ0) is 9.97. The summed E-state index contributed by atoms with van der Waals surface area (Å²) in [6.45, 7) is 3.21. The van der Waals surface area contributed by atoms with Crippen molar-refractivity contribution in [2.75, 3.05) is 6.54 Å². The normalized spacial score (nSPS) is 22.3. The van der Waals surface area contributed by atoms with Gasteiger partial charge in [0, 0.05) is 12.2 Å². The molecule has 2 rings (SSSR count). The minimum atomic E-state index is 0.480. The summed E-state index contributed by atoms with van der Waals surface area (Å²) in [4.78, 5) is 4.14. The molecule has 0 unspecified atom stereocenters. The van der Waals surface area contributed by atoms with Crippen molar-refractivity contribution in [1.29, 1.82) is 0 Å². The van der Waals surface area contributed by atoms with E-state index >= 15 is 0 Å². The van der Waals surface area contributed by atoms with E-state index in [1.54, 1.807) is 0 Å². The molecule has 14 heavy (non-hydrogen) atoms. The Morgan fingerprint density at radius 3 is 3.00 bits per heavy atom. The van der Waals surface area contributed by atoms with E-state index in [1.165, 1.54) is 30.4 Å². The van der Waals surface area contributed by atoms with Crippen LogP contribution in [-0.2, 0) is 0 Å². The minimum Gasteiger partial charge on any atom is -0.310 e. The summed E-state index contributed by atoms with van der Waals surface area (Å²) >= 11 is 5.82. The molecule has 0 radical (unpaired) electrons. The summed E-state index contributed by atoms with van der Waals surface area (Å²) in [6, 6.07) is 2.42. The van der Waals surface area contributed by atoms with Gasteiger partial charge in [-0.15, -0.1) is 0 Å². The van der Waals surface area contributed by atoms with Crippen molar-refractivity contribution in [3.05, 3.63) is 28.5 Å². The summed E-state index contributed by atoms with van der Waals surface area (Å²) in [6.07, 6.45) is 5.71. The van der Waals surface area contributed by atoms with Crippen molar-refractivity contribution >= 4 is 11.6 Å². The monoisotopic (exact) mass is 210 g/mol. The Balaban J connectivity index is 2.22. The number of pyridine rings is 1. The van der Waals surface area contributed by atoms with Crippen LogP contribution in [0.3, 0.4) is 0 Å². The summed E-state index contributed by atoms with van der Waals surface area (Å²) in [7, 11) is 0. The van der Waals surface area contributed by atoms with Gasteiger partial charge in [0.25, 0.3) is 0 Å². The Kier molecular flexibility index (Phi) is 3.04. The molecule has 1 aromatic heterocycles. The summed E-state index contributed by atoms with van der Waals surface area (Å²) in [5.74, 6) is 0. The number of hydrogen-bond acceptors (Lipinski definition) is 2. The van der Waals surface area contributed by atoms with E-state index < -0.39 is 0 Å². The molecule has 3 heteroatoms. The lowest BCUT2D eigenvalue weighted by atomic mass is 9.96. The lowest BCUT2D eigenvalue weighted by Crippen LogP contribution is -2.27. The zero-order valence-electron chi connectivity index (χ0n) is 8.39. The highest BCUT2D eigenvalue weighted by molar-refractivity contribution is 6.29. The topological polar surface area (TPSA) is 24.9 Å². The molecule has 1 aromatic rings. The van der Waals surface area contributed by atoms with Crippen molar-refractivity contribution in [3.63, 3.8) is 0 Å². The predicted molar refractivity (Wildman–Crippen MR) is 58.6 cm³/mol. The molecule has 0 bridgehead atoms. The molecular weight excluding hydrogens is 196 g/mol. The number of piperidine rings is 1. The van der Waals surface area contributed by atoms with Gasteiger partial charge in [0.2, 0.25) is 0 Å². The van der Waals surface area contributed by atoms with Crippen LogP contribution in [0.2, 0.25) is 5.15 Å². The maximum Gasteiger partial charge on any atom is 0.129 e. The van der Waals surface area contributed by atoms with Crippen molar-refractivity contribution in [3.8, 4) is 0 Å². The van der Waals surface area contributed by atoms with Crippen LogP contribution < -0.4 is 5.32 Å². The van der Waals surface area contributed by atoms with Crippen molar-refractivity contribution in [1.82, 2.24) is 10.3 Å². The van der Waals surface area contributed by atoms with Gasteiger partial charge in [-0.25, -0.2) is 4.98 Å². The standard InChI is InChI=1S/C11H15ClN2/c1-8-6-11(12)14-7-9(8)10-4-2-3-5-13-10/h6-7,10,13H,2-5H2,1H3/t10-/m1/s1. The molecule has 1 fully saturated rings. The molecule has 1 aliphatic heterocycles. The first-order chi connectivity index (χ1) is 6.77. The van der Waals surface area contributed by atoms with Gasteiger partial charge in [-0.1, -0.05) is 18.0 Å². The zero-order valence-corrected chi connectivity index (χ0v) is 9.14. The highest BCUT2D eigenvalue weighted by Crippen LogP contribution is 2.25. The van der Waals surface area contributed by atoms with Crippen LogP contribution in [0.4, 0.5) is 0 Å². The third-order valence-electron chi connectivity index (χ3n) is 2.80. The summed E-state index contributed by atoms with van der Waals surface area (Å²) in [5, 5.41) is 4.10. The second kappa shape index (κ2) is 4.28. The SMILES string of the molecule is Cc1cc(Cl)ncc1[C@H]1CCCCN1. The minimum absolute atomic E-state index is 0.480. The third kappa shape index (κ3) is 2.07. The quantitative estimate of drug-likeness (QED) is 0.722. The van der Waals surface area contributed by atoms with Gasteiger partial charge in [-0.3, -0.25) is 0 Å². The lowest BCUT2D eigenvalue weighted by Gasteiger charge is -2.24. The molecule has 0 saturated carbocycles. The van der Waals surface area contributed by atoms with Gasteiger partial charge >= 0.3 is 0 Å². The number of halogens is 1. The van der Waals surface area contributed by atoms with Crippen molar-refractivity contribution < 1.29 is 0 Å². The Morgan fingerprint density at radius 1 is 1.50 bits per heavy atom. The predicted octanol–water partition coefficient (Wildman–Crippen LogP) is 2.86. The Labute approximate surface area is 89.7 Å². The van der Waals surface area contributed by atoms with Gasteiger partial charge in [0.1, 0.15) is 5.15 Å². The number of aryl methyl sites for hydroxylation is 1. The molecule has 0 amide bonds. The molecule has 0 spiro atoms. The van der Waals surface area contributed by atoms with E-state index in [9.17, 15) is 0 Å². The van der Waals surface area contributed by atoms with Gasteiger partial charge in [-0.05, 0) is 43.5 Å². The van der Waals surface area contributed by atoms with E-state index in [0.29, 0.717) is 11.2 Å². The first kappa shape index (κ1) is 9.94. The molecule has 0 aromatic carbocycles. The molecule has 2 heterocycles. The Hall–Kier alpha value is -0.600. The fourth-order valence-electron chi connectivity index (χ4n) is 2.01. The van der Waals surface area contributed by atoms with E-state index in [1.807, 2.05) is 12.3 Å². The first-order valence-corrected chi connectivity index (χ1v) is 5.50. The molecule has 76 valence electrons. The van der Waals surface area contributed by atoms with E-state index in [2.05, 4.69) is 17.2 Å². The average molecular weight is 211 g/mol. The second-order valence-electron chi connectivity index (χ2n) is 3.87. The van der Waals surface area contributed by atoms with Gasteiger partial charge in [-0.2, -0.15) is 0 Å². The summed E-state index contributed by atoms with van der Waals surface area (Å²) in [5.41, 5.74) is 2.54. The van der Waals surface area contributed by atoms with Crippen LogP contribution in [0.5, 0.6) is 0 Å². The third-order valence-corrected chi connectivity index (χ3v) is 3.01. The van der Waals surface area contributed by atoms with E-state index in [0.717, 1.165) is 6.54 Å². The van der Waals surface area contributed by atoms with Crippen molar-refractivity contribution in [2.45, 2.75) is 32.2 Å². The van der Waals surface area contributed by atoms with E-state index in [-0.39, 0.29) is 0 Å². The molecule has 2 nitrogen and oxygen atoms in total. The first-order valence-electron chi connectivity index (χ1n) is 5.13. The molecule has 1 aliphatic rings. The highest BCUT2D eigenvalue weighted by atomic mass is 35.5. The highest BCUT2D eigenvalue weighted by Gasteiger charge is 2.16.